The number of aromatic nitrogens is 2. The van der Waals surface area contributed by atoms with Gasteiger partial charge in [-0.15, -0.1) is 0 Å². The van der Waals surface area contributed by atoms with Crippen molar-refractivity contribution in [2.24, 2.45) is 0 Å². The molecule has 1 atom stereocenters. The molecule has 1 aliphatic rings. The molecule has 0 spiro atoms. The van der Waals surface area contributed by atoms with E-state index in [-0.39, 0.29) is 12.1 Å². The summed E-state index contributed by atoms with van der Waals surface area (Å²) in [5.41, 5.74) is 4.76. The Morgan fingerprint density at radius 3 is 2.71 bits per heavy atom. The Balaban J connectivity index is 1.56. The van der Waals surface area contributed by atoms with Crippen LogP contribution in [-0.4, -0.2) is 29.3 Å². The van der Waals surface area contributed by atoms with E-state index in [2.05, 4.69) is 41.8 Å². The molecule has 4 rings (SSSR count). The molecule has 0 saturated carbocycles. The Hall–Kier alpha value is -3.12. The second-order valence-electron chi connectivity index (χ2n) is 6.87. The number of rotatable bonds is 6. The van der Waals surface area contributed by atoms with Crippen molar-refractivity contribution in [2.45, 2.75) is 26.1 Å². The third kappa shape index (κ3) is 3.64. The number of hydrogen-bond donors (Lipinski definition) is 2. The van der Waals surface area contributed by atoms with Crippen LogP contribution in [0.5, 0.6) is 5.75 Å². The highest BCUT2D eigenvalue weighted by molar-refractivity contribution is 5.94. The molecule has 144 valence electrons. The Labute approximate surface area is 164 Å². The minimum atomic E-state index is -0.105. The van der Waals surface area contributed by atoms with Crippen LogP contribution < -0.4 is 15.4 Å². The maximum atomic E-state index is 12.3. The van der Waals surface area contributed by atoms with E-state index in [1.54, 1.807) is 11.8 Å². The van der Waals surface area contributed by atoms with E-state index in [1.165, 1.54) is 11.1 Å². The molecule has 6 nitrogen and oxygen atoms in total. The van der Waals surface area contributed by atoms with Gasteiger partial charge in [0.25, 0.3) is 5.91 Å². The summed E-state index contributed by atoms with van der Waals surface area (Å²) in [6.45, 7) is 3.35. The van der Waals surface area contributed by atoms with Gasteiger partial charge in [-0.2, -0.15) is 5.10 Å². The first-order valence-electron chi connectivity index (χ1n) is 9.51. The molecule has 0 bridgehead atoms. The Morgan fingerprint density at radius 1 is 1.18 bits per heavy atom. The number of hydrogen-bond acceptors (Lipinski definition) is 4. The highest BCUT2D eigenvalue weighted by Gasteiger charge is 2.27. The van der Waals surface area contributed by atoms with Gasteiger partial charge in [0.05, 0.1) is 19.3 Å². The lowest BCUT2D eigenvalue weighted by molar-refractivity contribution is 0.0900. The summed E-state index contributed by atoms with van der Waals surface area (Å²) in [5.74, 6) is 0.658. The highest BCUT2D eigenvalue weighted by Crippen LogP contribution is 2.26. The zero-order valence-electron chi connectivity index (χ0n) is 16.1. The summed E-state index contributed by atoms with van der Waals surface area (Å²) in [6, 6.07) is 18.1. The second kappa shape index (κ2) is 7.86. The van der Waals surface area contributed by atoms with E-state index in [0.717, 1.165) is 23.4 Å². The number of aryl methyl sites for hydroxylation is 1. The van der Waals surface area contributed by atoms with Crippen molar-refractivity contribution in [2.75, 3.05) is 13.7 Å². The van der Waals surface area contributed by atoms with Crippen molar-refractivity contribution in [3.05, 3.63) is 71.4 Å². The van der Waals surface area contributed by atoms with Gasteiger partial charge in [-0.1, -0.05) is 43.3 Å². The number of benzene rings is 2. The molecule has 2 N–H and O–H groups in total. The fourth-order valence-electron chi connectivity index (χ4n) is 3.38. The largest absolute Gasteiger partial charge is 0.497 e. The van der Waals surface area contributed by atoms with E-state index < -0.39 is 0 Å². The van der Waals surface area contributed by atoms with E-state index in [0.29, 0.717) is 18.8 Å². The number of fused-ring (bicyclic) bond motifs is 1. The number of nitrogens with one attached hydrogen (secondary N) is 2. The summed E-state index contributed by atoms with van der Waals surface area (Å²) in [5, 5.41) is 11.1. The van der Waals surface area contributed by atoms with Gasteiger partial charge in [-0.25, -0.2) is 4.68 Å². The molecular formula is C22H24N4O2. The summed E-state index contributed by atoms with van der Waals surface area (Å²) in [4.78, 5) is 12.3. The fraction of sp³-hybridized carbons (Fsp3) is 0.273. The van der Waals surface area contributed by atoms with Crippen LogP contribution >= 0.6 is 0 Å². The lowest BCUT2D eigenvalue weighted by Crippen LogP contribution is -2.45. The van der Waals surface area contributed by atoms with Gasteiger partial charge in [0, 0.05) is 12.1 Å². The Morgan fingerprint density at radius 2 is 1.96 bits per heavy atom. The van der Waals surface area contributed by atoms with Gasteiger partial charge < -0.3 is 10.1 Å². The van der Waals surface area contributed by atoms with Gasteiger partial charge in [0.15, 0.2) is 0 Å². The van der Waals surface area contributed by atoms with E-state index in [9.17, 15) is 4.79 Å². The molecule has 28 heavy (non-hydrogen) atoms. The van der Waals surface area contributed by atoms with Crippen LogP contribution in [0.3, 0.4) is 0 Å². The molecule has 6 heteroatoms. The van der Waals surface area contributed by atoms with Crippen LogP contribution in [0.4, 0.5) is 0 Å². The fourth-order valence-corrected chi connectivity index (χ4v) is 3.38. The van der Waals surface area contributed by atoms with Crippen LogP contribution in [0.2, 0.25) is 0 Å². The third-order valence-electron chi connectivity index (χ3n) is 5.06. The first-order chi connectivity index (χ1) is 13.7. The van der Waals surface area contributed by atoms with E-state index in [4.69, 9.17) is 9.84 Å². The number of amides is 1. The molecule has 0 radical (unpaired) electrons. The summed E-state index contributed by atoms with van der Waals surface area (Å²) in [7, 11) is 1.64. The van der Waals surface area contributed by atoms with Crippen LogP contribution in [0.1, 0.15) is 34.7 Å². The zero-order valence-corrected chi connectivity index (χ0v) is 16.1. The summed E-state index contributed by atoms with van der Waals surface area (Å²) >= 11 is 0. The van der Waals surface area contributed by atoms with E-state index in [1.807, 2.05) is 30.3 Å². The van der Waals surface area contributed by atoms with Crippen molar-refractivity contribution < 1.29 is 9.53 Å². The van der Waals surface area contributed by atoms with Gasteiger partial charge in [0.2, 0.25) is 0 Å². The lowest BCUT2D eigenvalue weighted by atomic mass is 10.1. The molecule has 0 aliphatic carbocycles. The normalized spacial score (nSPS) is 15.8. The summed E-state index contributed by atoms with van der Waals surface area (Å²) in [6.07, 6.45) is 0.935. The highest BCUT2D eigenvalue weighted by atomic mass is 16.5. The molecule has 0 unspecified atom stereocenters. The van der Waals surface area contributed by atoms with Crippen LogP contribution in [0.25, 0.3) is 11.3 Å². The number of carbonyl (C=O) groups is 1. The van der Waals surface area contributed by atoms with Crippen molar-refractivity contribution >= 4 is 5.91 Å². The van der Waals surface area contributed by atoms with Crippen LogP contribution in [0.15, 0.2) is 54.6 Å². The number of ether oxygens (including phenoxy) is 1. The molecule has 2 heterocycles. The van der Waals surface area contributed by atoms with Gasteiger partial charge in [-0.3, -0.25) is 10.1 Å². The number of carbonyl (C=O) groups excluding carboxylic acids is 1. The topological polar surface area (TPSA) is 68.2 Å². The average Bonchev–Trinajstić information content (AvgIpc) is 3.20. The monoisotopic (exact) mass is 376 g/mol. The SMILES string of the molecule is CCc1ccc(CN[C@@H]2CNC(=O)c3cc(-c4cccc(OC)c4)nn32)cc1. The number of methoxy groups -OCH3 is 1. The molecule has 0 fully saturated rings. The van der Waals surface area contributed by atoms with E-state index >= 15 is 0 Å². The maximum Gasteiger partial charge on any atom is 0.269 e. The predicted molar refractivity (Wildman–Crippen MR) is 108 cm³/mol. The minimum absolute atomic E-state index is 0.0992. The zero-order chi connectivity index (χ0) is 19.5. The standard InChI is InChI=1S/C22H24N4O2/c1-3-15-7-9-16(10-8-15)13-23-21-14-24-22(27)20-12-19(25-26(20)21)17-5-4-6-18(11-17)28-2/h4-12,21,23H,3,13-14H2,1-2H3,(H,24,27)/t21-/m0/s1. The Kier molecular flexibility index (Phi) is 5.12. The maximum absolute atomic E-state index is 12.3. The molecule has 1 amide bonds. The summed E-state index contributed by atoms with van der Waals surface area (Å²) < 4.78 is 7.08. The lowest BCUT2D eigenvalue weighted by Gasteiger charge is -2.25. The van der Waals surface area contributed by atoms with Crippen molar-refractivity contribution in [3.63, 3.8) is 0 Å². The minimum Gasteiger partial charge on any atom is -0.497 e. The third-order valence-corrected chi connectivity index (χ3v) is 5.06. The molecule has 0 saturated heterocycles. The predicted octanol–water partition coefficient (Wildman–Crippen LogP) is 3.15. The Bertz CT molecular complexity index is 978. The number of nitrogens with zero attached hydrogens (tertiary/aromatic N) is 2. The quantitative estimate of drug-likeness (QED) is 0.693. The molecular weight excluding hydrogens is 352 g/mol. The molecule has 1 aliphatic heterocycles. The van der Waals surface area contributed by atoms with Gasteiger partial charge >= 0.3 is 0 Å². The van der Waals surface area contributed by atoms with Gasteiger partial charge in [-0.05, 0) is 35.7 Å². The van der Waals surface area contributed by atoms with Crippen molar-refractivity contribution in [1.29, 1.82) is 0 Å². The van der Waals surface area contributed by atoms with Crippen molar-refractivity contribution in [3.8, 4) is 17.0 Å². The molecule has 3 aromatic rings. The smallest absolute Gasteiger partial charge is 0.269 e. The molecule has 2 aromatic carbocycles. The van der Waals surface area contributed by atoms with Crippen LogP contribution in [0, 0.1) is 0 Å². The first-order valence-corrected chi connectivity index (χ1v) is 9.51. The van der Waals surface area contributed by atoms with Crippen LogP contribution in [-0.2, 0) is 13.0 Å². The first kappa shape index (κ1) is 18.3. The van der Waals surface area contributed by atoms with Gasteiger partial charge in [0.1, 0.15) is 17.6 Å². The second-order valence-corrected chi connectivity index (χ2v) is 6.87. The molecule has 1 aromatic heterocycles. The van der Waals surface area contributed by atoms with Crippen molar-refractivity contribution in [1.82, 2.24) is 20.4 Å². The average molecular weight is 376 g/mol.